The van der Waals surface area contributed by atoms with Crippen molar-refractivity contribution in [3.8, 4) is 0 Å². The van der Waals surface area contributed by atoms with E-state index < -0.39 is 0 Å². The summed E-state index contributed by atoms with van der Waals surface area (Å²) in [6, 6.07) is 5.93. The van der Waals surface area contributed by atoms with Crippen LogP contribution in [-0.4, -0.2) is 29.8 Å². The van der Waals surface area contributed by atoms with E-state index in [1.165, 1.54) is 31.2 Å². The predicted octanol–water partition coefficient (Wildman–Crippen LogP) is 2.51. The maximum Gasteiger partial charge on any atom is 0.261 e. The molecule has 3 rings (SSSR count). The number of anilines is 1. The van der Waals surface area contributed by atoms with Gasteiger partial charge in [-0.1, -0.05) is 13.3 Å². The lowest BCUT2D eigenvalue weighted by Gasteiger charge is -2.18. The van der Waals surface area contributed by atoms with E-state index in [4.69, 9.17) is 0 Å². The molecule has 2 unspecified atom stereocenters. The molecule has 0 spiro atoms. The topological polar surface area (TPSA) is 49.4 Å². The zero-order valence-corrected chi connectivity index (χ0v) is 11.3. The lowest BCUT2D eigenvalue weighted by molar-refractivity contribution is 0.0693. The highest BCUT2D eigenvalue weighted by molar-refractivity contribution is 6.21. The van der Waals surface area contributed by atoms with Crippen LogP contribution in [0.4, 0.5) is 5.69 Å². The highest BCUT2D eigenvalue weighted by atomic mass is 16.2. The fourth-order valence-corrected chi connectivity index (χ4v) is 3.02. The second kappa shape index (κ2) is 4.37. The monoisotopic (exact) mass is 258 g/mol. The molecule has 100 valence electrons. The number of rotatable bonds is 2. The third-order valence-electron chi connectivity index (χ3n) is 4.30. The predicted molar refractivity (Wildman–Crippen MR) is 73.3 cm³/mol. The fourth-order valence-electron chi connectivity index (χ4n) is 3.02. The van der Waals surface area contributed by atoms with Gasteiger partial charge in [-0.15, -0.1) is 0 Å². The third-order valence-corrected chi connectivity index (χ3v) is 4.30. The minimum atomic E-state index is -0.208. The fraction of sp³-hybridized carbons (Fsp3) is 0.467. The summed E-state index contributed by atoms with van der Waals surface area (Å²) in [5, 5.41) is 3.49. The van der Waals surface area contributed by atoms with E-state index in [1.54, 1.807) is 6.07 Å². The molecule has 1 aliphatic heterocycles. The summed E-state index contributed by atoms with van der Waals surface area (Å²) in [7, 11) is 1.52. The summed E-state index contributed by atoms with van der Waals surface area (Å²) < 4.78 is 0. The van der Waals surface area contributed by atoms with Crippen molar-refractivity contribution in [1.82, 2.24) is 4.90 Å². The summed E-state index contributed by atoms with van der Waals surface area (Å²) >= 11 is 0. The average molecular weight is 258 g/mol. The van der Waals surface area contributed by atoms with Gasteiger partial charge < -0.3 is 5.32 Å². The minimum absolute atomic E-state index is 0.205. The average Bonchev–Trinajstić information content (AvgIpc) is 2.89. The summed E-state index contributed by atoms with van der Waals surface area (Å²) in [5.74, 6) is 0.247. The molecular formula is C15H18N2O2. The van der Waals surface area contributed by atoms with Crippen molar-refractivity contribution in [2.24, 2.45) is 5.92 Å². The summed E-state index contributed by atoms with van der Waals surface area (Å²) in [6.07, 6.45) is 3.68. The first kappa shape index (κ1) is 12.2. The normalized spacial score (nSPS) is 25.9. The first-order valence-corrected chi connectivity index (χ1v) is 6.81. The van der Waals surface area contributed by atoms with Crippen LogP contribution in [0.25, 0.3) is 0 Å². The summed E-state index contributed by atoms with van der Waals surface area (Å²) in [4.78, 5) is 24.9. The van der Waals surface area contributed by atoms with Gasteiger partial charge in [0.1, 0.15) is 0 Å². The maximum atomic E-state index is 11.9. The number of carbonyl (C=O) groups is 2. The molecule has 0 radical (unpaired) electrons. The quantitative estimate of drug-likeness (QED) is 0.829. The molecule has 1 aromatic rings. The van der Waals surface area contributed by atoms with Crippen LogP contribution in [-0.2, 0) is 0 Å². The Hall–Kier alpha value is -1.84. The molecule has 0 bridgehead atoms. The van der Waals surface area contributed by atoms with Crippen molar-refractivity contribution in [3.05, 3.63) is 29.3 Å². The number of carbonyl (C=O) groups excluding carboxylic acids is 2. The Morgan fingerprint density at radius 1 is 1.16 bits per heavy atom. The standard InChI is InChI=1S/C15H18N2O2/c1-9-4-3-5-13(9)16-10-6-7-11-12(8-10)15(19)17(2)14(11)18/h6-9,13,16H,3-5H2,1-2H3. The molecule has 0 saturated heterocycles. The van der Waals surface area contributed by atoms with Gasteiger partial charge in [0.2, 0.25) is 0 Å². The Kier molecular flexibility index (Phi) is 2.81. The van der Waals surface area contributed by atoms with Crippen LogP contribution in [0.3, 0.4) is 0 Å². The summed E-state index contributed by atoms with van der Waals surface area (Å²) in [6.45, 7) is 2.25. The van der Waals surface area contributed by atoms with Crippen LogP contribution >= 0.6 is 0 Å². The van der Waals surface area contributed by atoms with Crippen LogP contribution in [0.1, 0.15) is 46.9 Å². The summed E-state index contributed by atoms with van der Waals surface area (Å²) in [5.41, 5.74) is 1.97. The maximum absolute atomic E-state index is 11.9. The van der Waals surface area contributed by atoms with E-state index in [1.807, 2.05) is 12.1 Å². The Morgan fingerprint density at radius 2 is 1.89 bits per heavy atom. The Morgan fingerprint density at radius 3 is 2.58 bits per heavy atom. The molecule has 1 aromatic carbocycles. The van der Waals surface area contributed by atoms with Crippen molar-refractivity contribution >= 4 is 17.5 Å². The number of benzene rings is 1. The van der Waals surface area contributed by atoms with Gasteiger partial charge in [0, 0.05) is 18.8 Å². The zero-order chi connectivity index (χ0) is 13.6. The molecule has 1 heterocycles. The number of hydrogen-bond donors (Lipinski definition) is 1. The van der Waals surface area contributed by atoms with E-state index in [0.29, 0.717) is 23.1 Å². The molecule has 4 heteroatoms. The molecule has 1 fully saturated rings. The van der Waals surface area contributed by atoms with Gasteiger partial charge in [-0.3, -0.25) is 14.5 Å². The highest BCUT2D eigenvalue weighted by Crippen LogP contribution is 2.30. The van der Waals surface area contributed by atoms with Crippen molar-refractivity contribution < 1.29 is 9.59 Å². The number of amides is 2. The first-order chi connectivity index (χ1) is 9.08. The van der Waals surface area contributed by atoms with Gasteiger partial charge >= 0.3 is 0 Å². The molecule has 2 amide bonds. The molecule has 2 atom stereocenters. The van der Waals surface area contributed by atoms with Gasteiger partial charge in [-0.2, -0.15) is 0 Å². The largest absolute Gasteiger partial charge is 0.382 e. The van der Waals surface area contributed by atoms with Gasteiger partial charge in [-0.25, -0.2) is 0 Å². The van der Waals surface area contributed by atoms with E-state index in [0.717, 1.165) is 5.69 Å². The van der Waals surface area contributed by atoms with Crippen LogP contribution in [0, 0.1) is 5.92 Å². The highest BCUT2D eigenvalue weighted by Gasteiger charge is 2.33. The minimum Gasteiger partial charge on any atom is -0.382 e. The van der Waals surface area contributed by atoms with Crippen LogP contribution < -0.4 is 5.32 Å². The number of imide groups is 1. The molecular weight excluding hydrogens is 240 g/mol. The Bertz CT molecular complexity index is 553. The molecule has 0 aromatic heterocycles. The molecule has 2 aliphatic rings. The smallest absolute Gasteiger partial charge is 0.261 e. The molecule has 19 heavy (non-hydrogen) atoms. The van der Waals surface area contributed by atoms with Crippen molar-refractivity contribution in [2.75, 3.05) is 12.4 Å². The second-order valence-corrected chi connectivity index (χ2v) is 5.59. The van der Waals surface area contributed by atoms with Crippen molar-refractivity contribution in [3.63, 3.8) is 0 Å². The van der Waals surface area contributed by atoms with Crippen LogP contribution in [0.5, 0.6) is 0 Å². The first-order valence-electron chi connectivity index (χ1n) is 6.81. The van der Waals surface area contributed by atoms with E-state index in [9.17, 15) is 9.59 Å². The van der Waals surface area contributed by atoms with Gasteiger partial charge in [0.05, 0.1) is 11.1 Å². The number of nitrogens with one attached hydrogen (secondary N) is 1. The number of fused-ring (bicyclic) bond motifs is 1. The molecule has 4 nitrogen and oxygen atoms in total. The number of nitrogens with zero attached hydrogens (tertiary/aromatic N) is 1. The van der Waals surface area contributed by atoms with Crippen LogP contribution in [0.15, 0.2) is 18.2 Å². The second-order valence-electron chi connectivity index (χ2n) is 5.59. The Labute approximate surface area is 112 Å². The lowest BCUT2D eigenvalue weighted by atomic mass is 10.0. The molecule has 1 N–H and O–H groups in total. The molecule has 1 aliphatic carbocycles. The third kappa shape index (κ3) is 1.91. The van der Waals surface area contributed by atoms with Gasteiger partial charge in [0.25, 0.3) is 11.8 Å². The lowest BCUT2D eigenvalue weighted by Crippen LogP contribution is -2.24. The Balaban J connectivity index is 1.87. The van der Waals surface area contributed by atoms with Gasteiger partial charge in [0.15, 0.2) is 0 Å². The van der Waals surface area contributed by atoms with Crippen molar-refractivity contribution in [2.45, 2.75) is 32.2 Å². The van der Waals surface area contributed by atoms with E-state index >= 15 is 0 Å². The zero-order valence-electron chi connectivity index (χ0n) is 11.3. The SMILES string of the molecule is CC1CCCC1Nc1ccc2c(c1)C(=O)N(C)C2=O. The molecule has 1 saturated carbocycles. The van der Waals surface area contributed by atoms with E-state index in [2.05, 4.69) is 12.2 Å². The van der Waals surface area contributed by atoms with E-state index in [-0.39, 0.29) is 11.8 Å². The van der Waals surface area contributed by atoms with Crippen LogP contribution in [0.2, 0.25) is 0 Å². The number of hydrogen-bond acceptors (Lipinski definition) is 3. The van der Waals surface area contributed by atoms with Gasteiger partial charge in [-0.05, 0) is 37.0 Å². The van der Waals surface area contributed by atoms with Crippen molar-refractivity contribution in [1.29, 1.82) is 0 Å².